The van der Waals surface area contributed by atoms with E-state index in [-0.39, 0.29) is 10.9 Å². The van der Waals surface area contributed by atoms with Crippen LogP contribution in [0.25, 0.3) is 0 Å². The zero-order chi connectivity index (χ0) is 20.3. The Bertz CT molecular complexity index is 939. The van der Waals surface area contributed by atoms with Gasteiger partial charge in [0.1, 0.15) is 6.04 Å². The molecule has 6 nitrogen and oxygen atoms in total. The molecule has 0 aliphatic heterocycles. The first kappa shape index (κ1) is 20.5. The number of fused-ring (bicyclic) bond motifs is 1. The highest BCUT2D eigenvalue weighted by Crippen LogP contribution is 2.29. The number of rotatable bonds is 6. The van der Waals surface area contributed by atoms with Crippen LogP contribution >= 0.6 is 0 Å². The van der Waals surface area contributed by atoms with Gasteiger partial charge in [0.2, 0.25) is 15.9 Å². The third-order valence-electron chi connectivity index (χ3n) is 5.06. The summed E-state index contributed by atoms with van der Waals surface area (Å²) in [6, 6.07) is 12.8. The highest BCUT2D eigenvalue weighted by atomic mass is 32.2. The number of sulfonamides is 1. The molecule has 28 heavy (non-hydrogen) atoms. The Morgan fingerprint density at radius 2 is 1.82 bits per heavy atom. The minimum Gasteiger partial charge on any atom is -0.391 e. The van der Waals surface area contributed by atoms with E-state index in [0.717, 1.165) is 30.4 Å². The van der Waals surface area contributed by atoms with Gasteiger partial charge in [-0.1, -0.05) is 42.0 Å². The van der Waals surface area contributed by atoms with Crippen molar-refractivity contribution >= 4 is 15.9 Å². The molecule has 0 radical (unpaired) electrons. The van der Waals surface area contributed by atoms with Gasteiger partial charge in [-0.3, -0.25) is 4.79 Å². The molecule has 2 aromatic rings. The van der Waals surface area contributed by atoms with Crippen molar-refractivity contribution in [2.75, 3.05) is 0 Å². The van der Waals surface area contributed by atoms with E-state index in [2.05, 4.69) is 10.0 Å². The van der Waals surface area contributed by atoms with Crippen molar-refractivity contribution in [1.29, 1.82) is 0 Å². The van der Waals surface area contributed by atoms with Crippen molar-refractivity contribution < 1.29 is 18.3 Å². The van der Waals surface area contributed by atoms with Crippen LogP contribution in [0.1, 0.15) is 42.5 Å². The quantitative estimate of drug-likeness (QED) is 0.690. The van der Waals surface area contributed by atoms with E-state index >= 15 is 0 Å². The van der Waals surface area contributed by atoms with E-state index in [1.807, 2.05) is 31.2 Å². The third-order valence-corrected chi connectivity index (χ3v) is 6.52. The molecule has 3 unspecified atom stereocenters. The smallest absolute Gasteiger partial charge is 0.241 e. The molecule has 2 aromatic carbocycles. The van der Waals surface area contributed by atoms with Gasteiger partial charge in [-0.2, -0.15) is 4.72 Å². The second kappa shape index (κ2) is 8.43. The third kappa shape index (κ3) is 4.60. The second-order valence-electron chi connectivity index (χ2n) is 7.30. The number of carbonyl (C=O) groups is 1. The molecule has 1 aliphatic rings. The van der Waals surface area contributed by atoms with Crippen LogP contribution in [0.5, 0.6) is 0 Å². The lowest BCUT2D eigenvalue weighted by Gasteiger charge is -2.29. The molecule has 3 rings (SSSR count). The normalized spacial score (nSPS) is 18.8. The summed E-state index contributed by atoms with van der Waals surface area (Å²) in [4.78, 5) is 12.9. The van der Waals surface area contributed by atoms with Crippen LogP contribution < -0.4 is 10.0 Å². The molecule has 150 valence electrons. The average molecular weight is 403 g/mol. The molecule has 0 spiro atoms. The van der Waals surface area contributed by atoms with Gasteiger partial charge in [0.25, 0.3) is 0 Å². The van der Waals surface area contributed by atoms with Crippen molar-refractivity contribution in [2.24, 2.45) is 0 Å². The number of aliphatic hydroxyl groups is 1. The molecular weight excluding hydrogens is 376 g/mol. The summed E-state index contributed by atoms with van der Waals surface area (Å²) in [5.41, 5.74) is 3.17. The lowest BCUT2D eigenvalue weighted by Crippen LogP contribution is -2.53. The Labute approximate surface area is 166 Å². The summed E-state index contributed by atoms with van der Waals surface area (Å²) in [7, 11) is -3.94. The SMILES string of the molecule is Cc1ccc(S(=O)(=O)NC(C(=O)NC2CCCc3ccccc32)C(C)O)cc1. The van der Waals surface area contributed by atoms with E-state index in [9.17, 15) is 18.3 Å². The molecule has 1 aliphatic carbocycles. The van der Waals surface area contributed by atoms with Crippen LogP contribution in [0, 0.1) is 6.92 Å². The molecule has 0 saturated carbocycles. The van der Waals surface area contributed by atoms with E-state index in [4.69, 9.17) is 0 Å². The Hall–Kier alpha value is -2.22. The van der Waals surface area contributed by atoms with Gasteiger partial charge in [-0.05, 0) is 56.4 Å². The standard InChI is InChI=1S/C21H26N2O4S/c1-14-10-12-17(13-11-14)28(26,27)23-20(15(2)24)21(25)22-19-9-5-7-16-6-3-4-8-18(16)19/h3-4,6,8,10-13,15,19-20,23-24H,5,7,9H2,1-2H3,(H,22,25). The number of hydrogen-bond acceptors (Lipinski definition) is 4. The summed E-state index contributed by atoms with van der Waals surface area (Å²) in [5, 5.41) is 13.0. The molecule has 0 aromatic heterocycles. The average Bonchev–Trinajstić information content (AvgIpc) is 2.66. The molecule has 0 heterocycles. The van der Waals surface area contributed by atoms with Crippen LogP contribution in [0.15, 0.2) is 53.4 Å². The van der Waals surface area contributed by atoms with E-state index in [0.29, 0.717) is 0 Å². The largest absolute Gasteiger partial charge is 0.391 e. The fraction of sp³-hybridized carbons (Fsp3) is 0.381. The van der Waals surface area contributed by atoms with Crippen molar-refractivity contribution in [2.45, 2.75) is 56.2 Å². The van der Waals surface area contributed by atoms with Crippen LogP contribution in [0.2, 0.25) is 0 Å². The van der Waals surface area contributed by atoms with Crippen LogP contribution in [0.3, 0.4) is 0 Å². The highest BCUT2D eigenvalue weighted by Gasteiger charge is 2.32. The van der Waals surface area contributed by atoms with Crippen molar-refractivity contribution in [3.8, 4) is 0 Å². The van der Waals surface area contributed by atoms with Gasteiger partial charge in [0, 0.05) is 0 Å². The molecule has 1 amide bonds. The Balaban J connectivity index is 1.77. The maximum atomic E-state index is 12.8. The number of benzene rings is 2. The monoisotopic (exact) mass is 402 g/mol. The summed E-state index contributed by atoms with van der Waals surface area (Å²) in [6.45, 7) is 3.26. The maximum Gasteiger partial charge on any atom is 0.241 e. The first-order valence-electron chi connectivity index (χ1n) is 9.43. The first-order valence-corrected chi connectivity index (χ1v) is 10.9. The van der Waals surface area contributed by atoms with Gasteiger partial charge in [0.15, 0.2) is 0 Å². The zero-order valence-corrected chi connectivity index (χ0v) is 16.9. The lowest BCUT2D eigenvalue weighted by molar-refractivity contribution is -0.125. The number of carbonyl (C=O) groups excluding carboxylic acids is 1. The molecule has 0 fully saturated rings. The predicted octanol–water partition coefficient (Wildman–Crippen LogP) is 2.22. The number of hydrogen-bond donors (Lipinski definition) is 3. The summed E-state index contributed by atoms with van der Waals surface area (Å²) >= 11 is 0. The number of amides is 1. The van der Waals surface area contributed by atoms with Crippen LogP contribution in [-0.4, -0.2) is 31.6 Å². The summed E-state index contributed by atoms with van der Waals surface area (Å²) < 4.78 is 27.7. The molecule has 0 saturated heterocycles. The van der Waals surface area contributed by atoms with Gasteiger partial charge in [-0.25, -0.2) is 8.42 Å². The minimum atomic E-state index is -3.94. The van der Waals surface area contributed by atoms with Crippen LogP contribution in [-0.2, 0) is 21.2 Å². The molecule has 3 atom stereocenters. The van der Waals surface area contributed by atoms with Gasteiger partial charge in [-0.15, -0.1) is 0 Å². The summed E-state index contributed by atoms with van der Waals surface area (Å²) in [6.07, 6.45) is 1.50. The van der Waals surface area contributed by atoms with Gasteiger partial charge >= 0.3 is 0 Å². The molecular formula is C21H26N2O4S. The first-order chi connectivity index (χ1) is 13.3. The lowest BCUT2D eigenvalue weighted by atomic mass is 9.87. The van der Waals surface area contributed by atoms with Gasteiger partial charge < -0.3 is 10.4 Å². The van der Waals surface area contributed by atoms with Crippen LogP contribution in [0.4, 0.5) is 0 Å². The zero-order valence-electron chi connectivity index (χ0n) is 16.1. The van der Waals surface area contributed by atoms with Crippen molar-refractivity contribution in [3.63, 3.8) is 0 Å². The minimum absolute atomic E-state index is 0.0552. The molecule has 0 bridgehead atoms. The topological polar surface area (TPSA) is 95.5 Å². The summed E-state index contributed by atoms with van der Waals surface area (Å²) in [5.74, 6) is -0.535. The Kier molecular flexibility index (Phi) is 6.17. The Morgan fingerprint density at radius 1 is 1.14 bits per heavy atom. The number of aryl methyl sites for hydroxylation is 2. The predicted molar refractivity (Wildman–Crippen MR) is 107 cm³/mol. The fourth-order valence-corrected chi connectivity index (χ4v) is 4.76. The van der Waals surface area contributed by atoms with E-state index in [1.54, 1.807) is 12.1 Å². The van der Waals surface area contributed by atoms with E-state index in [1.165, 1.54) is 24.6 Å². The number of nitrogens with one attached hydrogen (secondary N) is 2. The maximum absolute atomic E-state index is 12.8. The van der Waals surface area contributed by atoms with Crippen molar-refractivity contribution in [1.82, 2.24) is 10.0 Å². The molecule has 7 heteroatoms. The fourth-order valence-electron chi connectivity index (χ4n) is 3.49. The number of aliphatic hydroxyl groups excluding tert-OH is 1. The highest BCUT2D eigenvalue weighted by molar-refractivity contribution is 7.89. The van der Waals surface area contributed by atoms with E-state index < -0.39 is 28.1 Å². The van der Waals surface area contributed by atoms with Crippen molar-refractivity contribution in [3.05, 3.63) is 65.2 Å². The Morgan fingerprint density at radius 3 is 2.50 bits per heavy atom. The second-order valence-corrected chi connectivity index (χ2v) is 9.02. The van der Waals surface area contributed by atoms with Gasteiger partial charge in [0.05, 0.1) is 17.0 Å². The molecule has 3 N–H and O–H groups in total.